The van der Waals surface area contributed by atoms with Crippen LogP contribution < -0.4 is 20.1 Å². The molecule has 0 radical (unpaired) electrons. The second kappa shape index (κ2) is 10.2. The normalized spacial score (nSPS) is 12.6. The Balaban J connectivity index is 0.00000243. The summed E-state index contributed by atoms with van der Waals surface area (Å²) in [5, 5.41) is 10.9. The number of rotatable bonds is 7. The second-order valence-corrected chi connectivity index (χ2v) is 5.94. The Labute approximate surface area is 171 Å². The van der Waals surface area contributed by atoms with Crippen molar-refractivity contribution in [2.24, 2.45) is 4.99 Å². The van der Waals surface area contributed by atoms with Crippen LogP contribution in [0.25, 0.3) is 0 Å². The Hall–Kier alpha value is -1.97. The first-order valence-corrected chi connectivity index (χ1v) is 8.64. The predicted octanol–water partition coefficient (Wildman–Crippen LogP) is 2.68. The third kappa shape index (κ3) is 5.79. The lowest BCUT2D eigenvalue weighted by Gasteiger charge is -2.11. The number of guanidine groups is 1. The molecule has 0 bridgehead atoms. The van der Waals surface area contributed by atoms with Crippen molar-refractivity contribution in [1.82, 2.24) is 20.4 Å². The molecule has 0 saturated heterocycles. The third-order valence-corrected chi connectivity index (χ3v) is 3.82. The molecule has 2 aromatic rings. The highest BCUT2D eigenvalue weighted by Crippen LogP contribution is 2.32. The van der Waals surface area contributed by atoms with Gasteiger partial charge in [0.2, 0.25) is 6.79 Å². The molecule has 0 fully saturated rings. The summed E-state index contributed by atoms with van der Waals surface area (Å²) < 4.78 is 12.7. The predicted molar refractivity (Wildman–Crippen MR) is 112 cm³/mol. The summed E-state index contributed by atoms with van der Waals surface area (Å²) >= 11 is 0. The van der Waals surface area contributed by atoms with E-state index in [1.807, 2.05) is 36.0 Å². The van der Waals surface area contributed by atoms with Crippen LogP contribution in [-0.2, 0) is 13.1 Å². The van der Waals surface area contributed by atoms with Gasteiger partial charge in [-0.05, 0) is 43.5 Å². The molecule has 1 aliphatic heterocycles. The van der Waals surface area contributed by atoms with Gasteiger partial charge >= 0.3 is 0 Å². The average Bonchev–Trinajstić information content (AvgIpc) is 3.24. The van der Waals surface area contributed by atoms with Gasteiger partial charge in [-0.3, -0.25) is 4.68 Å². The summed E-state index contributed by atoms with van der Waals surface area (Å²) in [6.07, 6.45) is 4.92. The number of hydrogen-bond acceptors (Lipinski definition) is 4. The van der Waals surface area contributed by atoms with Crippen LogP contribution in [-0.4, -0.2) is 35.6 Å². The molecule has 1 aromatic heterocycles. The SMILES string of the molecule is CCNC(=NCc1ccc2c(c1)OCO2)NCCCn1cc(C)cn1.I. The number of nitrogens with zero attached hydrogens (tertiary/aromatic N) is 3. The zero-order valence-electron chi connectivity index (χ0n) is 15.2. The van der Waals surface area contributed by atoms with Gasteiger partial charge in [0.15, 0.2) is 17.5 Å². The molecule has 2 N–H and O–H groups in total. The summed E-state index contributed by atoms with van der Waals surface area (Å²) in [4.78, 5) is 4.63. The van der Waals surface area contributed by atoms with Crippen LogP contribution in [0.4, 0.5) is 0 Å². The summed E-state index contributed by atoms with van der Waals surface area (Å²) in [5.74, 6) is 2.41. The molecule has 0 amide bonds. The van der Waals surface area contributed by atoms with Gasteiger partial charge in [0.1, 0.15) is 0 Å². The fourth-order valence-corrected chi connectivity index (χ4v) is 2.59. The van der Waals surface area contributed by atoms with E-state index in [2.05, 4.69) is 33.8 Å². The van der Waals surface area contributed by atoms with Crippen LogP contribution in [0.15, 0.2) is 35.6 Å². The maximum absolute atomic E-state index is 5.41. The van der Waals surface area contributed by atoms with Gasteiger partial charge in [0, 0.05) is 25.8 Å². The highest BCUT2D eigenvalue weighted by Gasteiger charge is 2.12. The van der Waals surface area contributed by atoms with Crippen molar-refractivity contribution < 1.29 is 9.47 Å². The quantitative estimate of drug-likeness (QED) is 0.281. The van der Waals surface area contributed by atoms with Crippen molar-refractivity contribution in [3.8, 4) is 11.5 Å². The van der Waals surface area contributed by atoms with Gasteiger partial charge in [-0.2, -0.15) is 5.10 Å². The number of nitrogens with one attached hydrogen (secondary N) is 2. The van der Waals surface area contributed by atoms with Crippen molar-refractivity contribution in [3.05, 3.63) is 41.7 Å². The van der Waals surface area contributed by atoms with E-state index in [0.29, 0.717) is 13.3 Å². The van der Waals surface area contributed by atoms with Crippen molar-refractivity contribution in [3.63, 3.8) is 0 Å². The van der Waals surface area contributed by atoms with Gasteiger partial charge in [-0.1, -0.05) is 6.07 Å². The maximum Gasteiger partial charge on any atom is 0.231 e. The monoisotopic (exact) mass is 471 g/mol. The Morgan fingerprint density at radius 1 is 1.27 bits per heavy atom. The molecular formula is C18H26IN5O2. The molecule has 8 heteroatoms. The van der Waals surface area contributed by atoms with E-state index in [1.54, 1.807) is 0 Å². The topological polar surface area (TPSA) is 72.7 Å². The van der Waals surface area contributed by atoms with E-state index < -0.39 is 0 Å². The molecule has 0 aliphatic carbocycles. The third-order valence-electron chi connectivity index (χ3n) is 3.82. The molecular weight excluding hydrogens is 445 g/mol. The smallest absolute Gasteiger partial charge is 0.231 e. The van der Waals surface area contributed by atoms with E-state index in [1.165, 1.54) is 5.56 Å². The number of benzene rings is 1. The summed E-state index contributed by atoms with van der Waals surface area (Å²) in [7, 11) is 0. The first-order valence-electron chi connectivity index (χ1n) is 8.64. The standard InChI is InChI=1S/C18H25N5O2.HI/c1-3-19-18(20-7-4-8-23-12-14(2)10-22-23)21-11-15-5-6-16-17(9-15)25-13-24-16;/h5-6,9-10,12H,3-4,7-8,11,13H2,1-2H3,(H2,19,20,21);1H. The van der Waals surface area contributed by atoms with Crippen LogP contribution in [0.2, 0.25) is 0 Å². The Morgan fingerprint density at radius 2 is 2.12 bits per heavy atom. The molecule has 0 unspecified atom stereocenters. The van der Waals surface area contributed by atoms with Crippen molar-refractivity contribution in [2.45, 2.75) is 33.4 Å². The fourth-order valence-electron chi connectivity index (χ4n) is 2.59. The minimum Gasteiger partial charge on any atom is -0.454 e. The van der Waals surface area contributed by atoms with Crippen molar-refractivity contribution in [1.29, 1.82) is 0 Å². The zero-order valence-corrected chi connectivity index (χ0v) is 17.5. The number of aromatic nitrogens is 2. The number of halogens is 1. The minimum atomic E-state index is 0. The summed E-state index contributed by atoms with van der Waals surface area (Å²) in [5.41, 5.74) is 2.28. The highest BCUT2D eigenvalue weighted by molar-refractivity contribution is 14.0. The average molecular weight is 471 g/mol. The number of ether oxygens (including phenoxy) is 2. The van der Waals surface area contributed by atoms with E-state index in [0.717, 1.165) is 49.1 Å². The van der Waals surface area contributed by atoms with E-state index in [4.69, 9.17) is 9.47 Å². The molecule has 2 heterocycles. The summed E-state index contributed by atoms with van der Waals surface area (Å²) in [6, 6.07) is 5.93. The molecule has 0 spiro atoms. The Morgan fingerprint density at radius 3 is 2.88 bits per heavy atom. The van der Waals surface area contributed by atoms with Crippen LogP contribution in [0.5, 0.6) is 11.5 Å². The number of hydrogen-bond donors (Lipinski definition) is 2. The summed E-state index contributed by atoms with van der Waals surface area (Å²) in [6.45, 7) is 7.55. The number of aryl methyl sites for hydroxylation is 2. The largest absolute Gasteiger partial charge is 0.454 e. The number of aliphatic imine (C=N–C) groups is 1. The lowest BCUT2D eigenvalue weighted by atomic mass is 10.2. The molecule has 1 aromatic carbocycles. The van der Waals surface area contributed by atoms with Crippen LogP contribution in [0, 0.1) is 6.92 Å². The van der Waals surface area contributed by atoms with Crippen LogP contribution >= 0.6 is 24.0 Å². The molecule has 26 heavy (non-hydrogen) atoms. The lowest BCUT2D eigenvalue weighted by Crippen LogP contribution is -2.38. The Bertz CT molecular complexity index is 732. The van der Waals surface area contributed by atoms with Gasteiger partial charge in [-0.15, -0.1) is 24.0 Å². The van der Waals surface area contributed by atoms with E-state index in [9.17, 15) is 0 Å². The van der Waals surface area contributed by atoms with Gasteiger partial charge in [0.25, 0.3) is 0 Å². The Kier molecular flexibility index (Phi) is 8.02. The molecule has 0 atom stereocenters. The minimum absolute atomic E-state index is 0. The fraction of sp³-hybridized carbons (Fsp3) is 0.444. The van der Waals surface area contributed by atoms with Crippen LogP contribution in [0.1, 0.15) is 24.5 Å². The highest BCUT2D eigenvalue weighted by atomic mass is 127. The molecule has 3 rings (SSSR count). The van der Waals surface area contributed by atoms with Crippen LogP contribution in [0.3, 0.4) is 0 Å². The zero-order chi connectivity index (χ0) is 17.5. The molecule has 0 saturated carbocycles. The van der Waals surface area contributed by atoms with Crippen molar-refractivity contribution in [2.75, 3.05) is 19.9 Å². The van der Waals surface area contributed by atoms with E-state index >= 15 is 0 Å². The molecule has 1 aliphatic rings. The first kappa shape index (κ1) is 20.3. The van der Waals surface area contributed by atoms with Gasteiger partial charge in [0.05, 0.1) is 12.7 Å². The lowest BCUT2D eigenvalue weighted by molar-refractivity contribution is 0.174. The second-order valence-electron chi connectivity index (χ2n) is 5.94. The number of fused-ring (bicyclic) bond motifs is 1. The van der Waals surface area contributed by atoms with Gasteiger partial charge < -0.3 is 20.1 Å². The molecule has 7 nitrogen and oxygen atoms in total. The molecule has 142 valence electrons. The van der Waals surface area contributed by atoms with E-state index in [-0.39, 0.29) is 24.0 Å². The maximum atomic E-state index is 5.41. The first-order chi connectivity index (χ1) is 12.2. The van der Waals surface area contributed by atoms with Crippen molar-refractivity contribution >= 4 is 29.9 Å². The van der Waals surface area contributed by atoms with Gasteiger partial charge in [-0.25, -0.2) is 4.99 Å².